The molecule has 0 aliphatic rings. The van der Waals surface area contributed by atoms with Crippen molar-refractivity contribution in [2.24, 2.45) is 0 Å². The lowest BCUT2D eigenvalue weighted by molar-refractivity contribution is -0.161. The molecule has 0 aromatic rings. The molecule has 18 heteroatoms. The van der Waals surface area contributed by atoms with E-state index in [4.69, 9.17) is 23.8 Å². The largest absolute Gasteiger partial charge is 0.472 e. The SMILES string of the molecule is CCCCC/C=C\C/C=C\C/C=C\CCCCC(=O)O[C@H](COC(=O)CCC[C@@H](O)[C@H](O)/C=C/C=C/C=C\C=C\[C@H](O)CCCCC)COP(=O)(O)OC[C@@H](O)COP(=O)(O)O. The van der Waals surface area contributed by atoms with Crippen LogP contribution in [0.25, 0.3) is 0 Å². The molecule has 0 aromatic heterocycles. The van der Waals surface area contributed by atoms with Crippen molar-refractivity contribution >= 4 is 27.6 Å². The third-order valence-electron chi connectivity index (χ3n) is 8.61. The molecule has 0 spiro atoms. The van der Waals surface area contributed by atoms with E-state index in [1.807, 2.05) is 12.2 Å². The first kappa shape index (κ1) is 59.2. The summed E-state index contributed by atoms with van der Waals surface area (Å²) in [5.41, 5.74) is 0. The van der Waals surface area contributed by atoms with Crippen molar-refractivity contribution in [1.29, 1.82) is 0 Å². The quantitative estimate of drug-likeness (QED) is 0.0103. The van der Waals surface area contributed by atoms with Gasteiger partial charge in [-0.3, -0.25) is 23.2 Å². The number of ether oxygens (including phenoxy) is 2. The highest BCUT2D eigenvalue weighted by Gasteiger charge is 2.28. The van der Waals surface area contributed by atoms with Crippen LogP contribution in [0.2, 0.25) is 0 Å². The fourth-order valence-corrected chi connectivity index (χ4v) is 6.30. The van der Waals surface area contributed by atoms with E-state index in [-0.39, 0.29) is 25.7 Å². The number of carbonyl (C=O) groups is 2. The van der Waals surface area contributed by atoms with Gasteiger partial charge in [0.15, 0.2) is 6.10 Å². The third kappa shape index (κ3) is 40.0. The van der Waals surface area contributed by atoms with Gasteiger partial charge in [-0.1, -0.05) is 131 Å². The summed E-state index contributed by atoms with van der Waals surface area (Å²) in [7, 11) is -9.81. The van der Waals surface area contributed by atoms with Crippen molar-refractivity contribution in [3.8, 4) is 0 Å². The van der Waals surface area contributed by atoms with Gasteiger partial charge < -0.3 is 44.6 Å². The Morgan fingerprint density at radius 2 is 1.10 bits per heavy atom. The molecular weight excluding hydrogens is 846 g/mol. The Morgan fingerprint density at radius 3 is 1.73 bits per heavy atom. The summed E-state index contributed by atoms with van der Waals surface area (Å²) in [6, 6.07) is 0. The van der Waals surface area contributed by atoms with Crippen molar-refractivity contribution in [3.63, 3.8) is 0 Å². The van der Waals surface area contributed by atoms with E-state index < -0.39 is 84.5 Å². The van der Waals surface area contributed by atoms with Gasteiger partial charge in [0.2, 0.25) is 0 Å². The van der Waals surface area contributed by atoms with E-state index in [2.05, 4.69) is 47.2 Å². The molecule has 356 valence electrons. The smallest absolute Gasteiger partial charge is 0.462 e. The van der Waals surface area contributed by atoms with Gasteiger partial charge in [0.1, 0.15) is 12.7 Å². The van der Waals surface area contributed by atoms with Crippen LogP contribution in [0.5, 0.6) is 0 Å². The topological polar surface area (TPSA) is 256 Å². The second-order valence-corrected chi connectivity index (χ2v) is 17.2. The van der Waals surface area contributed by atoms with Crippen LogP contribution in [-0.2, 0) is 41.8 Å². The minimum atomic E-state index is -4.91. The van der Waals surface area contributed by atoms with Crippen LogP contribution in [0.1, 0.15) is 123 Å². The molecule has 0 aromatic carbocycles. The summed E-state index contributed by atoms with van der Waals surface area (Å²) >= 11 is 0. The van der Waals surface area contributed by atoms with Crippen LogP contribution in [0.3, 0.4) is 0 Å². The van der Waals surface area contributed by atoms with Gasteiger partial charge in [0.25, 0.3) is 0 Å². The normalized spacial score (nSPS) is 16.3. The van der Waals surface area contributed by atoms with Crippen LogP contribution in [-0.4, -0.2) is 104 Å². The van der Waals surface area contributed by atoms with E-state index in [9.17, 15) is 44.0 Å². The fraction of sp³-hybridized carbons (Fsp3) is 0.636. The average Bonchev–Trinajstić information content (AvgIpc) is 3.22. The Balaban J connectivity index is 4.92. The zero-order valence-electron chi connectivity index (χ0n) is 36.5. The number of rotatable bonds is 39. The van der Waals surface area contributed by atoms with E-state index in [1.165, 1.54) is 25.3 Å². The monoisotopic (exact) mass is 920 g/mol. The molecule has 0 amide bonds. The Bertz CT molecular complexity index is 1470. The van der Waals surface area contributed by atoms with E-state index in [0.717, 1.165) is 51.4 Å². The molecule has 16 nitrogen and oxygen atoms in total. The Kier molecular flexibility index (Phi) is 36.9. The maximum Gasteiger partial charge on any atom is 0.472 e. The maximum absolute atomic E-state index is 12.6. The summed E-state index contributed by atoms with van der Waals surface area (Å²) in [6.45, 7) is 1.17. The van der Waals surface area contributed by atoms with Crippen molar-refractivity contribution in [2.75, 3.05) is 26.4 Å². The minimum Gasteiger partial charge on any atom is -0.462 e. The zero-order valence-corrected chi connectivity index (χ0v) is 38.3. The molecule has 0 aliphatic carbocycles. The number of phosphoric acid groups is 2. The van der Waals surface area contributed by atoms with Gasteiger partial charge in [-0.05, 0) is 64.2 Å². The molecule has 0 bridgehead atoms. The molecule has 0 rings (SSSR count). The van der Waals surface area contributed by atoms with Crippen LogP contribution < -0.4 is 0 Å². The number of aliphatic hydroxyl groups excluding tert-OH is 4. The highest BCUT2D eigenvalue weighted by atomic mass is 31.2. The highest BCUT2D eigenvalue weighted by Crippen LogP contribution is 2.43. The van der Waals surface area contributed by atoms with Gasteiger partial charge >= 0.3 is 27.6 Å². The van der Waals surface area contributed by atoms with E-state index in [0.29, 0.717) is 12.8 Å². The molecule has 0 saturated heterocycles. The first-order chi connectivity index (χ1) is 29.6. The molecule has 6 atom stereocenters. The second kappa shape index (κ2) is 38.6. The number of esters is 2. The number of phosphoric ester groups is 2. The third-order valence-corrected chi connectivity index (χ3v) is 10.0. The predicted octanol–water partition coefficient (Wildman–Crippen LogP) is 7.69. The predicted molar refractivity (Wildman–Crippen MR) is 238 cm³/mol. The summed E-state index contributed by atoms with van der Waals surface area (Å²) in [5, 5.41) is 40.2. The summed E-state index contributed by atoms with van der Waals surface area (Å²) < 4.78 is 47.4. The van der Waals surface area contributed by atoms with Crippen molar-refractivity contribution in [3.05, 3.63) is 85.1 Å². The van der Waals surface area contributed by atoms with Crippen LogP contribution in [0, 0.1) is 0 Å². The van der Waals surface area contributed by atoms with Gasteiger partial charge in [0, 0.05) is 12.8 Å². The number of hydrogen-bond donors (Lipinski definition) is 7. The average molecular weight is 921 g/mol. The molecule has 0 heterocycles. The summed E-state index contributed by atoms with van der Waals surface area (Å²) in [6.07, 6.45) is 32.3. The lowest BCUT2D eigenvalue weighted by Crippen LogP contribution is -2.30. The molecule has 0 aliphatic heterocycles. The number of aliphatic hydroxyl groups is 4. The maximum atomic E-state index is 12.6. The molecular formula is C44H74O16P2. The van der Waals surface area contributed by atoms with Gasteiger partial charge in [-0.2, -0.15) is 0 Å². The molecule has 62 heavy (non-hydrogen) atoms. The molecule has 1 unspecified atom stereocenters. The molecule has 0 saturated carbocycles. The van der Waals surface area contributed by atoms with E-state index >= 15 is 0 Å². The van der Waals surface area contributed by atoms with Crippen molar-refractivity contribution < 1.29 is 76.9 Å². The lowest BCUT2D eigenvalue weighted by Gasteiger charge is -2.20. The fourth-order valence-electron chi connectivity index (χ4n) is 5.15. The standard InChI is InChI=1S/C44H74O16P2/c1-3-5-7-8-9-10-11-12-13-14-15-16-17-22-26-32-44(50)60-40(37-59-62(54,55)58-35-39(46)34-57-61(51,52)53)36-56-43(49)33-27-31-42(48)41(47)30-25-21-19-18-20-24-29-38(45)28-23-6-4-2/h9-10,12-13,15-16,18-21,24-25,29-30,38-42,45-48H,3-8,11,14,17,22-23,26-28,31-37H2,1-2H3,(H,54,55)(H2,51,52,53)/b10-9-,13-12-,16-15-,20-18-,21-19+,29-24+,30-25+/t38-,39+,40-,41-,42-/m1/s1. The summed E-state index contributed by atoms with van der Waals surface area (Å²) in [4.78, 5) is 52.7. The zero-order chi connectivity index (χ0) is 46.3. The van der Waals surface area contributed by atoms with Gasteiger partial charge in [-0.15, -0.1) is 0 Å². The first-order valence-corrected chi connectivity index (χ1v) is 24.6. The first-order valence-electron chi connectivity index (χ1n) is 21.6. The van der Waals surface area contributed by atoms with E-state index in [1.54, 1.807) is 42.5 Å². The Hall–Kier alpha value is -2.82. The highest BCUT2D eigenvalue weighted by molar-refractivity contribution is 7.47. The number of unbranched alkanes of at least 4 members (excludes halogenated alkanes) is 7. The van der Waals surface area contributed by atoms with Crippen molar-refractivity contribution in [1.82, 2.24) is 0 Å². The Morgan fingerprint density at radius 1 is 0.565 bits per heavy atom. The lowest BCUT2D eigenvalue weighted by atomic mass is 10.1. The van der Waals surface area contributed by atoms with Crippen LogP contribution in [0.15, 0.2) is 85.1 Å². The summed E-state index contributed by atoms with van der Waals surface area (Å²) in [5.74, 6) is -1.42. The number of hydrogen-bond acceptors (Lipinski definition) is 13. The van der Waals surface area contributed by atoms with Gasteiger partial charge in [-0.25, -0.2) is 9.13 Å². The Labute approximate surface area is 368 Å². The van der Waals surface area contributed by atoms with Gasteiger partial charge in [0.05, 0.1) is 38.1 Å². The van der Waals surface area contributed by atoms with Crippen molar-refractivity contribution in [2.45, 2.75) is 154 Å². The molecule has 0 radical (unpaired) electrons. The van der Waals surface area contributed by atoms with Crippen LogP contribution in [0.4, 0.5) is 0 Å². The number of allylic oxidation sites excluding steroid dienone is 12. The van der Waals surface area contributed by atoms with Crippen LogP contribution >= 0.6 is 15.6 Å². The molecule has 7 N–H and O–H groups in total. The molecule has 0 fully saturated rings. The number of carbonyl (C=O) groups excluding carboxylic acids is 2. The second-order valence-electron chi connectivity index (χ2n) is 14.5. The minimum absolute atomic E-state index is 0.00455.